The van der Waals surface area contributed by atoms with E-state index in [2.05, 4.69) is 17.0 Å². The van der Waals surface area contributed by atoms with E-state index in [0.717, 1.165) is 11.3 Å². The summed E-state index contributed by atoms with van der Waals surface area (Å²) < 4.78 is 38.9. The van der Waals surface area contributed by atoms with Crippen LogP contribution in [0, 0.1) is 19.3 Å². The summed E-state index contributed by atoms with van der Waals surface area (Å²) in [6, 6.07) is 6.22. The van der Waals surface area contributed by atoms with Gasteiger partial charge in [-0.15, -0.1) is 0 Å². The van der Waals surface area contributed by atoms with Crippen LogP contribution in [0.1, 0.15) is 30.4 Å². The van der Waals surface area contributed by atoms with Crippen molar-refractivity contribution in [1.82, 2.24) is 14.7 Å². The summed E-state index contributed by atoms with van der Waals surface area (Å²) in [4.78, 5) is 28.9. The average molecular weight is 525 g/mol. The fourth-order valence-electron chi connectivity index (χ4n) is 5.30. The number of nitrogens with zero attached hydrogens (tertiary/aromatic N) is 3. The van der Waals surface area contributed by atoms with Crippen molar-refractivity contribution in [3.8, 4) is 0 Å². The zero-order valence-electron chi connectivity index (χ0n) is 20.9. The third kappa shape index (κ3) is 5.77. The molecule has 3 heterocycles. The van der Waals surface area contributed by atoms with Crippen LogP contribution in [-0.4, -0.2) is 99.2 Å². The minimum Gasteiger partial charge on any atom is -0.444 e. The number of sulfonamides is 1. The maximum atomic E-state index is 13.4. The fraction of sp³-hybridized carbons (Fsp3) is 0.667. The lowest BCUT2D eigenvalue weighted by Crippen LogP contribution is -2.56. The van der Waals surface area contributed by atoms with E-state index in [0.29, 0.717) is 45.8 Å². The van der Waals surface area contributed by atoms with Crippen molar-refractivity contribution in [2.45, 2.75) is 39.2 Å². The second-order valence-corrected chi connectivity index (χ2v) is 12.0. The molecular weight excluding hydrogens is 488 g/mol. The number of aryl methyl sites for hydroxylation is 2. The molecule has 0 radical (unpaired) electrons. The predicted molar refractivity (Wildman–Crippen MR) is 132 cm³/mol. The number of hydroxylamine groups is 1. The van der Waals surface area contributed by atoms with Crippen LogP contribution in [-0.2, 0) is 24.3 Å². The maximum Gasteiger partial charge on any atom is 0.410 e. The van der Waals surface area contributed by atoms with E-state index < -0.39 is 33.2 Å². The number of piperazine rings is 1. The molecule has 3 fully saturated rings. The Labute approximate surface area is 212 Å². The van der Waals surface area contributed by atoms with Gasteiger partial charge >= 0.3 is 6.09 Å². The highest BCUT2D eigenvalue weighted by atomic mass is 32.2. The molecule has 1 aromatic rings. The third-order valence-electron chi connectivity index (χ3n) is 7.50. The van der Waals surface area contributed by atoms with Crippen LogP contribution in [0.5, 0.6) is 0 Å². The number of rotatable bonds is 6. The number of benzene rings is 1. The van der Waals surface area contributed by atoms with Crippen molar-refractivity contribution < 1.29 is 32.7 Å². The van der Waals surface area contributed by atoms with E-state index in [9.17, 15) is 23.2 Å². The molecule has 4 rings (SSSR count). The highest BCUT2D eigenvalue weighted by molar-refractivity contribution is 7.89. The first-order valence-corrected chi connectivity index (χ1v) is 14.0. The van der Waals surface area contributed by atoms with Gasteiger partial charge < -0.3 is 19.3 Å². The summed E-state index contributed by atoms with van der Waals surface area (Å²) in [5, 5.41) is 9.40. The van der Waals surface area contributed by atoms with Crippen LogP contribution in [0.15, 0.2) is 18.2 Å². The topological polar surface area (TPSA) is 129 Å². The first-order chi connectivity index (χ1) is 17.1. The van der Waals surface area contributed by atoms with Gasteiger partial charge in [-0.3, -0.25) is 10.0 Å². The molecule has 0 saturated carbocycles. The van der Waals surface area contributed by atoms with Crippen LogP contribution in [0.4, 0.5) is 10.5 Å². The van der Waals surface area contributed by atoms with Gasteiger partial charge in [0.15, 0.2) is 0 Å². The maximum absolute atomic E-state index is 13.4. The minimum atomic E-state index is -3.79. The van der Waals surface area contributed by atoms with Gasteiger partial charge in [0.2, 0.25) is 10.0 Å². The van der Waals surface area contributed by atoms with Gasteiger partial charge in [-0.2, -0.15) is 4.31 Å². The Morgan fingerprint density at radius 2 is 1.83 bits per heavy atom. The summed E-state index contributed by atoms with van der Waals surface area (Å²) in [6.45, 7) is 7.05. The van der Waals surface area contributed by atoms with E-state index in [4.69, 9.17) is 9.47 Å². The van der Waals surface area contributed by atoms with E-state index in [1.54, 1.807) is 5.48 Å². The number of ether oxygens (including phenoxy) is 2. The van der Waals surface area contributed by atoms with Crippen LogP contribution in [0.3, 0.4) is 0 Å². The van der Waals surface area contributed by atoms with Crippen molar-refractivity contribution in [2.75, 3.05) is 63.1 Å². The summed E-state index contributed by atoms with van der Waals surface area (Å²) in [7, 11) is -3.79. The Kier molecular flexibility index (Phi) is 8.08. The van der Waals surface area contributed by atoms with Crippen LogP contribution >= 0.6 is 0 Å². The highest BCUT2D eigenvalue weighted by Crippen LogP contribution is 2.35. The standard InChI is InChI=1S/C24H36N4O7S/c1-18-3-4-21(19(2)15-18)26-10-12-28(13-11-26)36(32,33)17-24(22(29)25-31)6-8-27(9-7-24)23(30)35-20-5-14-34-16-20/h3-4,15,20,31H,5-14,16-17H2,1-2H3,(H,25,29)/t20-/m0/s1. The van der Waals surface area contributed by atoms with Crippen molar-refractivity contribution in [3.05, 3.63) is 29.3 Å². The number of nitrogens with one attached hydrogen (secondary N) is 1. The molecule has 3 aliphatic rings. The van der Waals surface area contributed by atoms with E-state index >= 15 is 0 Å². The SMILES string of the molecule is Cc1ccc(N2CCN(S(=O)(=O)CC3(C(=O)NO)CCN(C(=O)O[C@H]4CCOC4)CC3)CC2)c(C)c1. The molecule has 3 saturated heterocycles. The second-order valence-electron chi connectivity index (χ2n) is 10.0. The normalized spacial score (nSPS) is 22.9. The summed E-state index contributed by atoms with van der Waals surface area (Å²) >= 11 is 0. The van der Waals surface area contributed by atoms with Crippen molar-refractivity contribution >= 4 is 27.7 Å². The molecule has 2 amide bonds. The molecule has 12 heteroatoms. The van der Waals surface area contributed by atoms with E-state index in [1.807, 2.05) is 19.9 Å². The Hall–Kier alpha value is -2.41. The monoisotopic (exact) mass is 524 g/mol. The molecule has 1 aromatic carbocycles. The second kappa shape index (κ2) is 10.9. The van der Waals surface area contributed by atoms with E-state index in [-0.39, 0.29) is 32.0 Å². The number of amides is 2. The van der Waals surface area contributed by atoms with Crippen molar-refractivity contribution in [2.24, 2.45) is 5.41 Å². The minimum absolute atomic E-state index is 0.109. The molecule has 0 spiro atoms. The molecule has 0 aromatic heterocycles. The number of carbonyl (C=O) groups is 2. The molecule has 0 aliphatic carbocycles. The molecular formula is C24H36N4O7S. The summed E-state index contributed by atoms with van der Waals surface area (Å²) in [6.07, 6.45) is 0.0850. The summed E-state index contributed by atoms with van der Waals surface area (Å²) in [5.74, 6) is -1.16. The smallest absolute Gasteiger partial charge is 0.410 e. The number of piperidine rings is 1. The van der Waals surface area contributed by atoms with Crippen molar-refractivity contribution in [3.63, 3.8) is 0 Å². The third-order valence-corrected chi connectivity index (χ3v) is 9.57. The average Bonchev–Trinajstić information content (AvgIpc) is 3.37. The van der Waals surface area contributed by atoms with Crippen LogP contribution < -0.4 is 10.4 Å². The fourth-order valence-corrected chi connectivity index (χ4v) is 7.32. The number of hydrogen-bond acceptors (Lipinski definition) is 8. The molecule has 36 heavy (non-hydrogen) atoms. The number of anilines is 1. The van der Waals surface area contributed by atoms with Gasteiger partial charge in [-0.25, -0.2) is 18.7 Å². The van der Waals surface area contributed by atoms with Crippen molar-refractivity contribution in [1.29, 1.82) is 0 Å². The zero-order chi connectivity index (χ0) is 25.9. The Morgan fingerprint density at radius 3 is 2.42 bits per heavy atom. The first-order valence-electron chi connectivity index (χ1n) is 12.4. The molecule has 2 N–H and O–H groups in total. The first kappa shape index (κ1) is 26.6. The molecule has 11 nitrogen and oxygen atoms in total. The Balaban J connectivity index is 1.38. The molecule has 0 bridgehead atoms. The van der Waals surface area contributed by atoms with Gasteiger partial charge in [-0.05, 0) is 38.3 Å². The van der Waals surface area contributed by atoms with Crippen LogP contribution in [0.2, 0.25) is 0 Å². The number of hydrogen-bond donors (Lipinski definition) is 2. The van der Waals surface area contributed by atoms with Gasteiger partial charge in [0.05, 0.1) is 24.4 Å². The zero-order valence-corrected chi connectivity index (χ0v) is 21.8. The Bertz CT molecular complexity index is 1060. The summed E-state index contributed by atoms with van der Waals surface area (Å²) in [5.41, 5.74) is 3.75. The lowest BCUT2D eigenvalue weighted by Gasteiger charge is -2.41. The molecule has 200 valence electrons. The number of carbonyl (C=O) groups excluding carboxylic acids is 2. The number of likely N-dealkylation sites (tertiary alicyclic amines) is 1. The molecule has 3 aliphatic heterocycles. The highest BCUT2D eigenvalue weighted by Gasteiger charge is 2.47. The predicted octanol–water partition coefficient (Wildman–Crippen LogP) is 1.27. The van der Waals surface area contributed by atoms with E-state index in [1.165, 1.54) is 14.8 Å². The van der Waals surface area contributed by atoms with Gasteiger partial charge in [0, 0.05) is 51.4 Å². The lowest BCUT2D eigenvalue weighted by atomic mass is 9.79. The molecule has 0 unspecified atom stereocenters. The quantitative estimate of drug-likeness (QED) is 0.421. The van der Waals surface area contributed by atoms with Gasteiger partial charge in [0.25, 0.3) is 5.91 Å². The lowest BCUT2D eigenvalue weighted by molar-refractivity contribution is -0.141. The largest absolute Gasteiger partial charge is 0.444 e. The van der Waals surface area contributed by atoms with Gasteiger partial charge in [0.1, 0.15) is 6.10 Å². The van der Waals surface area contributed by atoms with Crippen LogP contribution in [0.25, 0.3) is 0 Å². The Morgan fingerprint density at radius 1 is 1.14 bits per heavy atom. The molecule has 1 atom stereocenters. The van der Waals surface area contributed by atoms with Gasteiger partial charge in [-0.1, -0.05) is 17.7 Å².